The van der Waals surface area contributed by atoms with Crippen LogP contribution in [0.5, 0.6) is 0 Å². The summed E-state index contributed by atoms with van der Waals surface area (Å²) in [6.07, 6.45) is 12.8. The molecule has 31 heavy (non-hydrogen) atoms. The molecule has 6 nitrogen and oxygen atoms in total. The lowest BCUT2D eigenvalue weighted by Gasteiger charge is -2.61. The fraction of sp³-hybridized carbons (Fsp3) is 0.840. The van der Waals surface area contributed by atoms with Crippen molar-refractivity contribution < 1.29 is 19.2 Å². The second-order valence-corrected chi connectivity index (χ2v) is 11.4. The quantitative estimate of drug-likeness (QED) is 0.526. The molecule has 0 aromatic carbocycles. The monoisotopic (exact) mass is 430 g/mol. The second-order valence-electron chi connectivity index (χ2n) is 11.4. The number of hydrogen-bond acceptors (Lipinski definition) is 5. The van der Waals surface area contributed by atoms with E-state index in [0.717, 1.165) is 30.6 Å². The number of nitrogens with two attached hydrogens (primary N) is 1. The first-order chi connectivity index (χ1) is 14.8. The molecule has 0 unspecified atom stereocenters. The van der Waals surface area contributed by atoms with E-state index in [0.29, 0.717) is 29.3 Å². The second kappa shape index (κ2) is 7.87. The summed E-state index contributed by atoms with van der Waals surface area (Å²) in [5, 5.41) is 0. The molecule has 6 heteroatoms. The van der Waals surface area contributed by atoms with E-state index < -0.39 is 0 Å². The average Bonchev–Trinajstić information content (AvgIpc) is 3.34. The van der Waals surface area contributed by atoms with Gasteiger partial charge in [0.05, 0.1) is 12.6 Å². The Balaban J connectivity index is 1.29. The Morgan fingerprint density at radius 2 is 1.90 bits per heavy atom. The highest BCUT2D eigenvalue weighted by atomic mass is 16.7. The van der Waals surface area contributed by atoms with Crippen molar-refractivity contribution in [2.24, 2.45) is 46.2 Å². The molecule has 0 bridgehead atoms. The van der Waals surface area contributed by atoms with Crippen molar-refractivity contribution in [3.63, 3.8) is 0 Å². The number of fused-ring (bicyclic) bond motifs is 5. The largest absolute Gasteiger partial charge is 0.458 e. The fourth-order valence-electron chi connectivity index (χ4n) is 8.72. The Morgan fingerprint density at radius 1 is 1.13 bits per heavy atom. The highest BCUT2D eigenvalue weighted by Crippen LogP contribution is 2.68. The molecule has 4 saturated carbocycles. The molecule has 0 radical (unpaired) electrons. The van der Waals surface area contributed by atoms with Crippen molar-refractivity contribution in [1.29, 1.82) is 0 Å². The number of hydrogen-bond donors (Lipinski definition) is 2. The summed E-state index contributed by atoms with van der Waals surface area (Å²) in [4.78, 5) is 28.9. The molecule has 3 N–H and O–H groups in total. The Hall–Kier alpha value is -1.40. The zero-order valence-corrected chi connectivity index (χ0v) is 19.0. The predicted molar refractivity (Wildman–Crippen MR) is 116 cm³/mol. The first-order valence-electron chi connectivity index (χ1n) is 12.4. The van der Waals surface area contributed by atoms with Gasteiger partial charge in [0.25, 0.3) is 5.91 Å². The van der Waals surface area contributed by atoms with Gasteiger partial charge < -0.3 is 10.5 Å². The number of carbonyl (C=O) groups is 2. The first kappa shape index (κ1) is 21.4. The van der Waals surface area contributed by atoms with Crippen LogP contribution < -0.4 is 11.2 Å². The van der Waals surface area contributed by atoms with E-state index in [9.17, 15) is 9.59 Å². The van der Waals surface area contributed by atoms with Gasteiger partial charge in [0.15, 0.2) is 0 Å². The number of nitrogens with one attached hydrogen (secondary N) is 1. The van der Waals surface area contributed by atoms with Gasteiger partial charge in [0.2, 0.25) is 0 Å². The molecule has 1 heterocycles. The molecule has 1 amide bonds. The van der Waals surface area contributed by atoms with Crippen LogP contribution in [0.1, 0.15) is 71.6 Å². The minimum Gasteiger partial charge on any atom is -0.458 e. The van der Waals surface area contributed by atoms with Crippen LogP contribution in [0.15, 0.2) is 11.6 Å². The number of cyclic esters (lactones) is 1. The summed E-state index contributed by atoms with van der Waals surface area (Å²) in [5.74, 6) is 3.16. The van der Waals surface area contributed by atoms with Gasteiger partial charge >= 0.3 is 5.97 Å². The normalized spacial score (nSPS) is 46.4. The Kier molecular flexibility index (Phi) is 5.45. The summed E-state index contributed by atoms with van der Waals surface area (Å²) < 4.78 is 5.27. The maximum Gasteiger partial charge on any atom is 0.331 e. The van der Waals surface area contributed by atoms with Crippen molar-refractivity contribution in [2.75, 3.05) is 13.2 Å². The maximum atomic E-state index is 11.7. The van der Waals surface area contributed by atoms with E-state index in [4.69, 9.17) is 15.3 Å². The lowest BCUT2D eigenvalue weighted by atomic mass is 9.44. The van der Waals surface area contributed by atoms with E-state index >= 15 is 0 Å². The molecule has 4 fully saturated rings. The smallest absolute Gasteiger partial charge is 0.331 e. The third kappa shape index (κ3) is 3.45. The summed E-state index contributed by atoms with van der Waals surface area (Å²) in [5.41, 5.74) is 9.86. The van der Waals surface area contributed by atoms with Crippen LogP contribution in [0.4, 0.5) is 0 Å². The van der Waals surface area contributed by atoms with Crippen LogP contribution in [0, 0.1) is 40.4 Å². The van der Waals surface area contributed by atoms with Crippen molar-refractivity contribution in [3.8, 4) is 0 Å². The summed E-state index contributed by atoms with van der Waals surface area (Å²) in [6.45, 7) is 5.54. The number of carbonyl (C=O) groups excluding carboxylic acids is 2. The Morgan fingerprint density at radius 3 is 2.65 bits per heavy atom. The van der Waals surface area contributed by atoms with Gasteiger partial charge in [-0.3, -0.25) is 9.63 Å². The number of hydroxylamine groups is 1. The van der Waals surface area contributed by atoms with Crippen molar-refractivity contribution in [1.82, 2.24) is 5.48 Å². The third-order valence-electron chi connectivity index (χ3n) is 10.3. The summed E-state index contributed by atoms with van der Waals surface area (Å²) in [6, 6.07) is 0. The predicted octanol–water partition coefficient (Wildman–Crippen LogP) is 3.50. The van der Waals surface area contributed by atoms with Crippen LogP contribution in [-0.4, -0.2) is 31.1 Å². The molecule has 0 saturated heterocycles. The van der Waals surface area contributed by atoms with Gasteiger partial charge in [-0.1, -0.05) is 13.8 Å². The van der Waals surface area contributed by atoms with Crippen LogP contribution in [0.25, 0.3) is 0 Å². The zero-order chi connectivity index (χ0) is 21.8. The van der Waals surface area contributed by atoms with Gasteiger partial charge in [-0.25, -0.2) is 10.3 Å². The highest BCUT2D eigenvalue weighted by Gasteiger charge is 2.60. The SMILES string of the molecule is C[C@]12CC[C@H](ONC(=O)CN)C[C@H]1CC[C@@H]1[C@@H]2CC[C@]2(C)[C@@H](C3=CC(=O)OC3)CC[C@@H]12. The maximum absolute atomic E-state index is 11.7. The minimum atomic E-state index is -0.246. The number of ether oxygens (including phenoxy) is 1. The van der Waals surface area contributed by atoms with E-state index in [1.165, 1.54) is 50.5 Å². The Labute approximate surface area is 185 Å². The topological polar surface area (TPSA) is 90.6 Å². The van der Waals surface area contributed by atoms with Gasteiger partial charge in [0.1, 0.15) is 6.61 Å². The van der Waals surface area contributed by atoms with Crippen LogP contribution in [-0.2, 0) is 19.2 Å². The minimum absolute atomic E-state index is 0.0318. The average molecular weight is 431 g/mol. The standard InChI is InChI=1S/C25H38N2O4/c1-24-9-7-17(31-27-22(28)13-26)12-16(24)3-4-18-20-6-5-19(15-11-23(29)30-14-15)25(20,2)10-8-21(18)24/h11,16-21H,3-10,12-14,26H2,1-2H3,(H,27,28)/t16-,17+,18+,19-,20+,21+,24+,25-/m1/s1. The van der Waals surface area contributed by atoms with E-state index in [1.54, 1.807) is 6.08 Å². The molecular weight excluding hydrogens is 392 g/mol. The lowest BCUT2D eigenvalue weighted by Crippen LogP contribution is -2.54. The molecule has 1 aliphatic heterocycles. The molecule has 8 atom stereocenters. The third-order valence-corrected chi connectivity index (χ3v) is 10.3. The van der Waals surface area contributed by atoms with Crippen LogP contribution >= 0.6 is 0 Å². The lowest BCUT2D eigenvalue weighted by molar-refractivity contribution is -0.157. The number of esters is 1. The van der Waals surface area contributed by atoms with Crippen molar-refractivity contribution >= 4 is 11.9 Å². The van der Waals surface area contributed by atoms with Crippen LogP contribution in [0.3, 0.4) is 0 Å². The fourth-order valence-corrected chi connectivity index (χ4v) is 8.72. The molecule has 0 aromatic heterocycles. The summed E-state index contributed by atoms with van der Waals surface area (Å²) in [7, 11) is 0. The van der Waals surface area contributed by atoms with Crippen molar-refractivity contribution in [3.05, 3.63) is 11.6 Å². The first-order valence-corrected chi connectivity index (χ1v) is 12.4. The van der Waals surface area contributed by atoms with Gasteiger partial charge in [0, 0.05) is 6.08 Å². The number of rotatable bonds is 4. The van der Waals surface area contributed by atoms with E-state index in [1.807, 2.05) is 0 Å². The molecule has 5 rings (SSSR count). The van der Waals surface area contributed by atoms with Gasteiger partial charge in [-0.05, 0) is 104 Å². The molecule has 0 aromatic rings. The number of amides is 1. The van der Waals surface area contributed by atoms with Gasteiger partial charge in [-0.15, -0.1) is 0 Å². The van der Waals surface area contributed by atoms with E-state index in [-0.39, 0.29) is 24.5 Å². The van der Waals surface area contributed by atoms with Crippen LogP contribution in [0.2, 0.25) is 0 Å². The van der Waals surface area contributed by atoms with Gasteiger partial charge in [-0.2, -0.15) is 0 Å². The zero-order valence-electron chi connectivity index (χ0n) is 19.0. The van der Waals surface area contributed by atoms with Crippen molar-refractivity contribution in [2.45, 2.75) is 77.7 Å². The Bertz CT molecular complexity index is 781. The highest BCUT2D eigenvalue weighted by molar-refractivity contribution is 5.85. The molecule has 0 spiro atoms. The van der Waals surface area contributed by atoms with E-state index in [2.05, 4.69) is 19.3 Å². The summed E-state index contributed by atoms with van der Waals surface area (Å²) >= 11 is 0. The molecule has 4 aliphatic carbocycles. The molecule has 172 valence electrons. The molecule has 5 aliphatic rings. The molecular formula is C25H38N2O4.